The molecule has 0 atom stereocenters. The molecule has 0 saturated carbocycles. The van der Waals surface area contributed by atoms with Crippen LogP contribution in [0.15, 0.2) is 18.2 Å². The second-order valence-electron chi connectivity index (χ2n) is 6.98. The number of hydrogen-bond donors (Lipinski definition) is 0. The second-order valence-corrected chi connectivity index (χ2v) is 6.98. The van der Waals surface area contributed by atoms with Gasteiger partial charge in [0.15, 0.2) is 0 Å². The van der Waals surface area contributed by atoms with Gasteiger partial charge in [-0.2, -0.15) is 0 Å². The molecule has 1 rings (SSSR count). The highest BCUT2D eigenvalue weighted by atomic mass is 16.5. The fraction of sp³-hybridized carbons (Fsp3) is 0.632. The molecule has 0 fully saturated rings. The van der Waals surface area contributed by atoms with Crippen LogP contribution < -0.4 is 4.74 Å². The molecular weight excluding hydrogens is 260 g/mol. The predicted octanol–water partition coefficient (Wildman–Crippen LogP) is 4.93. The fourth-order valence-corrected chi connectivity index (χ4v) is 2.28. The van der Waals surface area contributed by atoms with Crippen LogP contribution in [0.1, 0.15) is 65.5 Å². The van der Waals surface area contributed by atoms with Crippen molar-refractivity contribution in [2.45, 2.75) is 66.2 Å². The zero-order valence-corrected chi connectivity index (χ0v) is 14.5. The first-order chi connectivity index (χ1) is 9.75. The van der Waals surface area contributed by atoms with Crippen molar-refractivity contribution in [3.05, 3.63) is 29.3 Å². The van der Waals surface area contributed by atoms with Crippen LogP contribution in [0.4, 0.5) is 0 Å². The molecule has 2 heteroatoms. The molecule has 2 nitrogen and oxygen atoms in total. The Morgan fingerprint density at radius 1 is 1.24 bits per heavy atom. The third-order valence-corrected chi connectivity index (χ3v) is 3.74. The molecular formula is C19H30O2. The van der Waals surface area contributed by atoms with Crippen LogP contribution in [0.2, 0.25) is 0 Å². The Hall–Kier alpha value is -1.31. The molecule has 1 aromatic rings. The molecule has 0 aromatic heterocycles. The summed E-state index contributed by atoms with van der Waals surface area (Å²) in [5.74, 6) is 1.44. The Bertz CT molecular complexity index is 467. The van der Waals surface area contributed by atoms with Crippen molar-refractivity contribution in [1.29, 1.82) is 0 Å². The first kappa shape index (κ1) is 17.7. The van der Waals surface area contributed by atoms with Gasteiger partial charge in [-0.15, -0.1) is 0 Å². The van der Waals surface area contributed by atoms with E-state index in [-0.39, 0.29) is 11.3 Å². The smallest absolute Gasteiger partial charge is 0.135 e. The van der Waals surface area contributed by atoms with Gasteiger partial charge in [0.25, 0.3) is 0 Å². The zero-order chi connectivity index (χ0) is 16.0. The third-order valence-electron chi connectivity index (χ3n) is 3.74. The first-order valence-electron chi connectivity index (χ1n) is 8.04. The lowest BCUT2D eigenvalue weighted by Gasteiger charge is -2.21. The Labute approximate surface area is 129 Å². The van der Waals surface area contributed by atoms with Crippen molar-refractivity contribution in [2.24, 2.45) is 5.92 Å². The van der Waals surface area contributed by atoms with Crippen molar-refractivity contribution in [3.63, 3.8) is 0 Å². The molecule has 0 amide bonds. The summed E-state index contributed by atoms with van der Waals surface area (Å²) in [6.07, 6.45) is 2.45. The number of aryl methyl sites for hydroxylation is 1. The van der Waals surface area contributed by atoms with Gasteiger partial charge in [0.1, 0.15) is 11.5 Å². The lowest BCUT2D eigenvalue weighted by molar-refractivity contribution is -0.121. The number of ether oxygens (including phenoxy) is 1. The van der Waals surface area contributed by atoms with Gasteiger partial charge >= 0.3 is 0 Å². The highest BCUT2D eigenvalue weighted by Crippen LogP contribution is 2.29. The summed E-state index contributed by atoms with van der Waals surface area (Å²) in [5, 5.41) is 0. The van der Waals surface area contributed by atoms with Gasteiger partial charge in [-0.1, -0.05) is 46.8 Å². The summed E-state index contributed by atoms with van der Waals surface area (Å²) in [6, 6.07) is 6.46. The van der Waals surface area contributed by atoms with E-state index in [1.807, 2.05) is 20.8 Å². The predicted molar refractivity (Wildman–Crippen MR) is 89.1 cm³/mol. The quantitative estimate of drug-likeness (QED) is 0.711. The van der Waals surface area contributed by atoms with E-state index in [0.29, 0.717) is 18.8 Å². The summed E-state index contributed by atoms with van der Waals surface area (Å²) >= 11 is 0. The minimum absolute atomic E-state index is 0.132. The molecule has 21 heavy (non-hydrogen) atoms. The molecule has 0 aliphatic rings. The van der Waals surface area contributed by atoms with Gasteiger partial charge in [-0.05, 0) is 42.4 Å². The van der Waals surface area contributed by atoms with E-state index in [0.717, 1.165) is 18.6 Å². The number of Topliss-reactive ketones (excluding diaryl/α,β-unsaturated/α-hetero) is 1. The third kappa shape index (κ3) is 5.53. The second kappa shape index (κ2) is 7.63. The highest BCUT2D eigenvalue weighted by Gasteiger charge is 2.16. The molecule has 0 radical (unpaired) electrons. The summed E-state index contributed by atoms with van der Waals surface area (Å²) in [5.41, 5.74) is 2.67. The van der Waals surface area contributed by atoms with Crippen LogP contribution in [0.25, 0.3) is 0 Å². The van der Waals surface area contributed by atoms with Crippen molar-refractivity contribution in [3.8, 4) is 5.75 Å². The molecule has 0 aliphatic heterocycles. The van der Waals surface area contributed by atoms with Crippen molar-refractivity contribution < 1.29 is 9.53 Å². The van der Waals surface area contributed by atoms with Crippen LogP contribution in [-0.4, -0.2) is 12.4 Å². The average molecular weight is 290 g/mol. The average Bonchev–Trinajstić information content (AvgIpc) is 2.39. The molecule has 0 spiro atoms. The van der Waals surface area contributed by atoms with Crippen LogP contribution in [0.5, 0.6) is 5.75 Å². The Balaban J connectivity index is 2.83. The molecule has 0 bridgehead atoms. The maximum absolute atomic E-state index is 11.7. The van der Waals surface area contributed by atoms with E-state index in [9.17, 15) is 4.79 Å². The van der Waals surface area contributed by atoms with Crippen molar-refractivity contribution in [1.82, 2.24) is 0 Å². The Kier molecular flexibility index (Phi) is 6.44. The van der Waals surface area contributed by atoms with Gasteiger partial charge in [-0.3, -0.25) is 4.79 Å². The van der Waals surface area contributed by atoms with Gasteiger partial charge in [0.05, 0.1) is 6.61 Å². The summed E-state index contributed by atoms with van der Waals surface area (Å²) in [6.45, 7) is 13.3. The van der Waals surface area contributed by atoms with Crippen LogP contribution in [0, 0.1) is 5.92 Å². The Morgan fingerprint density at radius 3 is 2.43 bits per heavy atom. The highest BCUT2D eigenvalue weighted by molar-refractivity contribution is 5.80. The normalized spacial score (nSPS) is 11.8. The molecule has 1 aromatic carbocycles. The summed E-state index contributed by atoms with van der Waals surface area (Å²) in [4.78, 5) is 11.7. The fourth-order valence-electron chi connectivity index (χ4n) is 2.28. The number of carbonyl (C=O) groups is 1. The lowest BCUT2D eigenvalue weighted by atomic mass is 9.85. The standard InChI is InChI=1S/C19H30O2/c1-7-21-18-12-11-16(19(4,5)6)13-15(18)9-8-10-17(20)14(2)3/h11-14H,7-10H2,1-6H3. The lowest BCUT2D eigenvalue weighted by Crippen LogP contribution is -2.12. The van der Waals surface area contributed by atoms with E-state index in [4.69, 9.17) is 4.74 Å². The summed E-state index contributed by atoms with van der Waals surface area (Å²) in [7, 11) is 0. The SMILES string of the molecule is CCOc1ccc(C(C)(C)C)cc1CCCC(=O)C(C)C. The largest absolute Gasteiger partial charge is 0.494 e. The van der Waals surface area contributed by atoms with E-state index in [1.165, 1.54) is 11.1 Å². The maximum atomic E-state index is 11.7. The van der Waals surface area contributed by atoms with Crippen LogP contribution in [0.3, 0.4) is 0 Å². The van der Waals surface area contributed by atoms with E-state index >= 15 is 0 Å². The van der Waals surface area contributed by atoms with Gasteiger partial charge in [-0.25, -0.2) is 0 Å². The topological polar surface area (TPSA) is 26.3 Å². The van der Waals surface area contributed by atoms with Crippen LogP contribution in [-0.2, 0) is 16.6 Å². The monoisotopic (exact) mass is 290 g/mol. The van der Waals surface area contributed by atoms with E-state index < -0.39 is 0 Å². The zero-order valence-electron chi connectivity index (χ0n) is 14.5. The molecule has 0 N–H and O–H groups in total. The van der Waals surface area contributed by atoms with E-state index in [2.05, 4.69) is 39.0 Å². The Morgan fingerprint density at radius 2 is 1.90 bits per heavy atom. The number of carbonyl (C=O) groups excluding carboxylic acids is 1. The minimum atomic E-state index is 0.132. The molecule has 0 heterocycles. The van der Waals surface area contributed by atoms with E-state index in [1.54, 1.807) is 0 Å². The molecule has 0 unspecified atom stereocenters. The molecule has 0 aliphatic carbocycles. The number of ketones is 1. The van der Waals surface area contributed by atoms with Gasteiger partial charge < -0.3 is 4.74 Å². The van der Waals surface area contributed by atoms with Crippen LogP contribution >= 0.6 is 0 Å². The maximum Gasteiger partial charge on any atom is 0.135 e. The number of rotatable bonds is 7. The first-order valence-corrected chi connectivity index (χ1v) is 8.04. The number of benzene rings is 1. The molecule has 0 saturated heterocycles. The van der Waals surface area contributed by atoms with Crippen molar-refractivity contribution >= 4 is 5.78 Å². The summed E-state index contributed by atoms with van der Waals surface area (Å²) < 4.78 is 5.72. The van der Waals surface area contributed by atoms with Gasteiger partial charge in [0.2, 0.25) is 0 Å². The molecule has 118 valence electrons. The minimum Gasteiger partial charge on any atom is -0.494 e. The van der Waals surface area contributed by atoms with Gasteiger partial charge in [0, 0.05) is 12.3 Å². The number of hydrogen-bond acceptors (Lipinski definition) is 2. The van der Waals surface area contributed by atoms with Crippen molar-refractivity contribution in [2.75, 3.05) is 6.61 Å².